The van der Waals surface area contributed by atoms with Gasteiger partial charge in [-0.2, -0.15) is 0 Å². The molecule has 1 aliphatic carbocycles. The van der Waals surface area contributed by atoms with Crippen LogP contribution in [0.25, 0.3) is 0 Å². The summed E-state index contributed by atoms with van der Waals surface area (Å²) in [6.45, 7) is 3.11. The lowest BCUT2D eigenvalue weighted by molar-refractivity contribution is -0.121. The molecule has 1 atom stereocenters. The first-order valence-corrected chi connectivity index (χ1v) is 5.66. The third-order valence-corrected chi connectivity index (χ3v) is 2.75. The van der Waals surface area contributed by atoms with Crippen molar-refractivity contribution in [3.05, 3.63) is 0 Å². The molecule has 1 rings (SSSR count). The van der Waals surface area contributed by atoms with Gasteiger partial charge in [0.25, 0.3) is 0 Å². The predicted octanol–water partition coefficient (Wildman–Crippen LogP) is 1.29. The van der Waals surface area contributed by atoms with Gasteiger partial charge in [0.05, 0.1) is 0 Å². The summed E-state index contributed by atoms with van der Waals surface area (Å²) in [4.78, 5) is 11.0. The number of nitrogens with one attached hydrogen (secondary N) is 2. The van der Waals surface area contributed by atoms with Gasteiger partial charge in [0.1, 0.15) is 0 Å². The van der Waals surface area contributed by atoms with Gasteiger partial charge in [-0.25, -0.2) is 0 Å². The van der Waals surface area contributed by atoms with Crippen LogP contribution in [0.4, 0.5) is 0 Å². The molecule has 3 heteroatoms. The molecule has 0 aromatic rings. The quantitative estimate of drug-likeness (QED) is 0.605. The Balaban J connectivity index is 1.90. The van der Waals surface area contributed by atoms with Gasteiger partial charge in [-0.15, -0.1) is 0 Å². The van der Waals surface area contributed by atoms with Crippen molar-refractivity contribution in [1.82, 2.24) is 10.6 Å². The van der Waals surface area contributed by atoms with Crippen molar-refractivity contribution in [1.29, 1.82) is 0 Å². The van der Waals surface area contributed by atoms with Gasteiger partial charge in [-0.05, 0) is 32.2 Å². The SMILES string of the molecule is CNC(=O)CC(C)NCCCC1CC1. The zero-order chi connectivity index (χ0) is 10.4. The summed E-state index contributed by atoms with van der Waals surface area (Å²) in [5.41, 5.74) is 0. The molecular formula is C11H22N2O. The average molecular weight is 198 g/mol. The molecule has 0 saturated heterocycles. The largest absolute Gasteiger partial charge is 0.359 e. The Bertz CT molecular complexity index is 178. The highest BCUT2D eigenvalue weighted by Crippen LogP contribution is 2.33. The van der Waals surface area contributed by atoms with Crippen LogP contribution in [0.5, 0.6) is 0 Å². The molecule has 3 nitrogen and oxygen atoms in total. The van der Waals surface area contributed by atoms with Gasteiger partial charge in [0, 0.05) is 19.5 Å². The van der Waals surface area contributed by atoms with E-state index in [2.05, 4.69) is 17.6 Å². The van der Waals surface area contributed by atoms with Crippen LogP contribution in [0, 0.1) is 5.92 Å². The second-order valence-corrected chi connectivity index (χ2v) is 4.32. The molecule has 14 heavy (non-hydrogen) atoms. The molecule has 0 spiro atoms. The maximum atomic E-state index is 11.0. The summed E-state index contributed by atoms with van der Waals surface area (Å²) in [6, 6.07) is 0.300. The summed E-state index contributed by atoms with van der Waals surface area (Å²) >= 11 is 0. The van der Waals surface area contributed by atoms with Gasteiger partial charge in [0.15, 0.2) is 0 Å². The minimum absolute atomic E-state index is 0.118. The van der Waals surface area contributed by atoms with Gasteiger partial charge in [-0.1, -0.05) is 12.8 Å². The fourth-order valence-electron chi connectivity index (χ4n) is 1.60. The van der Waals surface area contributed by atoms with Crippen LogP contribution in [0.2, 0.25) is 0 Å². The highest BCUT2D eigenvalue weighted by atomic mass is 16.1. The maximum absolute atomic E-state index is 11.0. The second-order valence-electron chi connectivity index (χ2n) is 4.32. The zero-order valence-electron chi connectivity index (χ0n) is 9.31. The van der Waals surface area contributed by atoms with Gasteiger partial charge in [0.2, 0.25) is 5.91 Å². The molecule has 0 bridgehead atoms. The Kier molecular flexibility index (Phi) is 4.94. The van der Waals surface area contributed by atoms with E-state index in [9.17, 15) is 4.79 Å². The zero-order valence-corrected chi connectivity index (χ0v) is 9.31. The van der Waals surface area contributed by atoms with Crippen LogP contribution in [-0.4, -0.2) is 25.5 Å². The summed E-state index contributed by atoms with van der Waals surface area (Å²) in [7, 11) is 1.68. The standard InChI is InChI=1S/C11H22N2O/c1-9(8-11(14)12-2)13-7-3-4-10-5-6-10/h9-10,13H,3-8H2,1-2H3,(H,12,14). The molecule has 0 aliphatic heterocycles. The van der Waals surface area contributed by atoms with Crippen molar-refractivity contribution >= 4 is 5.91 Å². The van der Waals surface area contributed by atoms with E-state index < -0.39 is 0 Å². The molecular weight excluding hydrogens is 176 g/mol. The third kappa shape index (κ3) is 5.22. The van der Waals surface area contributed by atoms with Crippen molar-refractivity contribution in [2.24, 2.45) is 5.92 Å². The van der Waals surface area contributed by atoms with Crippen LogP contribution in [0.1, 0.15) is 39.0 Å². The number of hydrogen-bond donors (Lipinski definition) is 2. The van der Waals surface area contributed by atoms with Crippen molar-refractivity contribution in [3.63, 3.8) is 0 Å². The van der Waals surface area contributed by atoms with Crippen molar-refractivity contribution in [2.75, 3.05) is 13.6 Å². The fraction of sp³-hybridized carbons (Fsp3) is 0.909. The highest BCUT2D eigenvalue weighted by molar-refractivity contribution is 5.76. The smallest absolute Gasteiger partial charge is 0.221 e. The molecule has 0 heterocycles. The molecule has 0 aromatic carbocycles. The summed E-state index contributed by atoms with van der Waals surface area (Å²) in [6.07, 6.45) is 6.07. The third-order valence-electron chi connectivity index (χ3n) is 2.75. The first-order chi connectivity index (χ1) is 6.72. The number of hydrogen-bond acceptors (Lipinski definition) is 2. The minimum atomic E-state index is 0.118. The lowest BCUT2D eigenvalue weighted by Crippen LogP contribution is -2.32. The maximum Gasteiger partial charge on any atom is 0.221 e. The highest BCUT2D eigenvalue weighted by Gasteiger charge is 2.20. The lowest BCUT2D eigenvalue weighted by Gasteiger charge is -2.12. The van der Waals surface area contributed by atoms with Crippen LogP contribution in [-0.2, 0) is 4.79 Å². The molecule has 1 amide bonds. The molecule has 0 aromatic heterocycles. The minimum Gasteiger partial charge on any atom is -0.359 e. The average Bonchev–Trinajstić information content (AvgIpc) is 2.96. The molecule has 1 aliphatic rings. The van der Waals surface area contributed by atoms with Crippen molar-refractivity contribution < 1.29 is 4.79 Å². The van der Waals surface area contributed by atoms with Crippen LogP contribution >= 0.6 is 0 Å². The second kappa shape index (κ2) is 6.02. The Hall–Kier alpha value is -0.570. The summed E-state index contributed by atoms with van der Waals surface area (Å²) in [5.74, 6) is 1.14. The Morgan fingerprint density at radius 1 is 1.50 bits per heavy atom. The molecule has 2 N–H and O–H groups in total. The number of rotatable bonds is 7. The first-order valence-electron chi connectivity index (χ1n) is 5.66. The molecule has 0 radical (unpaired) electrons. The van der Waals surface area contributed by atoms with E-state index in [0.29, 0.717) is 12.5 Å². The van der Waals surface area contributed by atoms with E-state index in [-0.39, 0.29) is 5.91 Å². The Morgan fingerprint density at radius 2 is 2.21 bits per heavy atom. The van der Waals surface area contributed by atoms with Gasteiger partial charge >= 0.3 is 0 Å². The van der Waals surface area contributed by atoms with Gasteiger partial charge in [-0.3, -0.25) is 4.79 Å². The van der Waals surface area contributed by atoms with Crippen molar-refractivity contribution in [2.45, 2.75) is 45.1 Å². The normalized spacial score (nSPS) is 17.9. The predicted molar refractivity (Wildman–Crippen MR) is 58.1 cm³/mol. The molecule has 82 valence electrons. The fourth-order valence-corrected chi connectivity index (χ4v) is 1.60. The van der Waals surface area contributed by atoms with E-state index in [1.165, 1.54) is 25.7 Å². The van der Waals surface area contributed by atoms with Crippen LogP contribution in [0.3, 0.4) is 0 Å². The van der Waals surface area contributed by atoms with E-state index in [0.717, 1.165) is 12.5 Å². The van der Waals surface area contributed by atoms with Crippen LogP contribution < -0.4 is 10.6 Å². The number of amides is 1. The molecule has 1 fully saturated rings. The van der Waals surface area contributed by atoms with Crippen molar-refractivity contribution in [3.8, 4) is 0 Å². The van der Waals surface area contributed by atoms with E-state index in [1.807, 2.05) is 0 Å². The van der Waals surface area contributed by atoms with Gasteiger partial charge < -0.3 is 10.6 Å². The monoisotopic (exact) mass is 198 g/mol. The molecule has 1 saturated carbocycles. The number of carbonyl (C=O) groups is 1. The lowest BCUT2D eigenvalue weighted by atomic mass is 10.2. The van der Waals surface area contributed by atoms with E-state index in [4.69, 9.17) is 0 Å². The van der Waals surface area contributed by atoms with Crippen LogP contribution in [0.15, 0.2) is 0 Å². The summed E-state index contributed by atoms with van der Waals surface area (Å²) < 4.78 is 0. The van der Waals surface area contributed by atoms with E-state index in [1.54, 1.807) is 7.05 Å². The molecule has 1 unspecified atom stereocenters. The topological polar surface area (TPSA) is 41.1 Å². The summed E-state index contributed by atoms with van der Waals surface area (Å²) in [5, 5.41) is 6.01. The van der Waals surface area contributed by atoms with E-state index >= 15 is 0 Å². The Labute approximate surface area is 86.6 Å². The Morgan fingerprint density at radius 3 is 2.79 bits per heavy atom. The number of carbonyl (C=O) groups excluding carboxylic acids is 1. The first kappa shape index (κ1) is 11.5.